The molecule has 0 bridgehead atoms. The van der Waals surface area contributed by atoms with Gasteiger partial charge in [-0.3, -0.25) is 0 Å². The molecule has 0 amide bonds. The van der Waals surface area contributed by atoms with Crippen LogP contribution in [0.5, 0.6) is 5.75 Å². The minimum absolute atomic E-state index is 0.204. The van der Waals surface area contributed by atoms with E-state index in [4.69, 9.17) is 0 Å². The number of nitrogens with zero attached hydrogens (tertiary/aromatic N) is 1. The molecule has 1 aromatic rings. The van der Waals surface area contributed by atoms with Gasteiger partial charge in [0.15, 0.2) is 0 Å². The number of hydrogen-bond donors (Lipinski definition) is 1. The molecule has 5 heteroatoms. The molecule has 2 rings (SSSR count). The Labute approximate surface area is 112 Å². The van der Waals surface area contributed by atoms with Gasteiger partial charge in [0.1, 0.15) is 5.75 Å². The molecule has 0 spiro atoms. The van der Waals surface area contributed by atoms with Gasteiger partial charge in [-0.2, -0.15) is 8.78 Å². The lowest BCUT2D eigenvalue weighted by Crippen LogP contribution is -2.53. The third-order valence-corrected chi connectivity index (χ3v) is 3.45. The Balaban J connectivity index is 2.11. The molecule has 0 saturated carbocycles. The molecule has 1 aliphatic heterocycles. The van der Waals surface area contributed by atoms with Crippen molar-refractivity contribution in [3.8, 4) is 5.75 Å². The summed E-state index contributed by atoms with van der Waals surface area (Å²) in [6.07, 6.45) is 0. The highest BCUT2D eigenvalue weighted by Gasteiger charge is 2.24. The maximum absolute atomic E-state index is 12.1. The van der Waals surface area contributed by atoms with Gasteiger partial charge in [-0.15, -0.1) is 0 Å². The minimum atomic E-state index is -2.77. The summed E-state index contributed by atoms with van der Waals surface area (Å²) >= 11 is 0. The molecule has 1 N–H and O–H groups in total. The standard InChI is InChI=1S/C14H20F2N2O/c1-10(2)13-9-17-7-8-18(13)11-3-5-12(6-4-11)19-14(15)16/h3-6,10,13-14,17H,7-9H2,1-2H3. The smallest absolute Gasteiger partial charge is 0.387 e. The summed E-state index contributed by atoms with van der Waals surface area (Å²) in [5.41, 5.74) is 1.06. The topological polar surface area (TPSA) is 24.5 Å². The summed E-state index contributed by atoms with van der Waals surface area (Å²) < 4.78 is 28.6. The van der Waals surface area contributed by atoms with Gasteiger partial charge in [0, 0.05) is 31.4 Å². The van der Waals surface area contributed by atoms with Gasteiger partial charge in [-0.05, 0) is 30.2 Å². The Morgan fingerprint density at radius 2 is 1.95 bits per heavy atom. The number of rotatable bonds is 4. The van der Waals surface area contributed by atoms with Crippen LogP contribution in [0.25, 0.3) is 0 Å². The van der Waals surface area contributed by atoms with Gasteiger partial charge in [0.25, 0.3) is 0 Å². The van der Waals surface area contributed by atoms with Gasteiger partial charge in [0.05, 0.1) is 0 Å². The fourth-order valence-electron chi connectivity index (χ4n) is 2.46. The molecule has 1 saturated heterocycles. The third-order valence-electron chi connectivity index (χ3n) is 3.45. The average molecular weight is 270 g/mol. The van der Waals surface area contributed by atoms with Crippen LogP contribution in [0.1, 0.15) is 13.8 Å². The molecule has 1 fully saturated rings. The van der Waals surface area contributed by atoms with E-state index < -0.39 is 6.61 Å². The second-order valence-electron chi connectivity index (χ2n) is 5.08. The van der Waals surface area contributed by atoms with Crippen LogP contribution >= 0.6 is 0 Å². The average Bonchev–Trinajstić information content (AvgIpc) is 2.39. The first kappa shape index (κ1) is 14.1. The van der Waals surface area contributed by atoms with E-state index in [1.807, 2.05) is 12.1 Å². The number of halogens is 2. The molecule has 1 unspecified atom stereocenters. The van der Waals surface area contributed by atoms with Gasteiger partial charge in [-0.25, -0.2) is 0 Å². The Hall–Kier alpha value is -1.36. The number of ether oxygens (including phenoxy) is 1. The highest BCUT2D eigenvalue weighted by atomic mass is 19.3. The molecule has 19 heavy (non-hydrogen) atoms. The first-order chi connectivity index (χ1) is 9.08. The van der Waals surface area contributed by atoms with Crippen LogP contribution in [0.4, 0.5) is 14.5 Å². The van der Waals surface area contributed by atoms with Crippen LogP contribution in [-0.2, 0) is 0 Å². The van der Waals surface area contributed by atoms with E-state index in [0.29, 0.717) is 12.0 Å². The van der Waals surface area contributed by atoms with Crippen molar-refractivity contribution in [2.75, 3.05) is 24.5 Å². The molecule has 0 aliphatic carbocycles. The quantitative estimate of drug-likeness (QED) is 0.910. The second kappa shape index (κ2) is 6.19. The van der Waals surface area contributed by atoms with Crippen molar-refractivity contribution >= 4 is 5.69 Å². The monoisotopic (exact) mass is 270 g/mol. The van der Waals surface area contributed by atoms with Crippen LogP contribution in [0.2, 0.25) is 0 Å². The van der Waals surface area contributed by atoms with Gasteiger partial charge in [0.2, 0.25) is 0 Å². The molecule has 0 aromatic heterocycles. The fraction of sp³-hybridized carbons (Fsp3) is 0.571. The Kier molecular flexibility index (Phi) is 4.58. The third kappa shape index (κ3) is 3.56. The van der Waals surface area contributed by atoms with E-state index in [0.717, 1.165) is 25.3 Å². The number of hydrogen-bond acceptors (Lipinski definition) is 3. The van der Waals surface area contributed by atoms with Crippen molar-refractivity contribution in [3.05, 3.63) is 24.3 Å². The van der Waals surface area contributed by atoms with Gasteiger partial charge in [-0.1, -0.05) is 13.8 Å². The molecule has 1 heterocycles. The van der Waals surface area contributed by atoms with E-state index in [9.17, 15) is 8.78 Å². The summed E-state index contributed by atoms with van der Waals surface area (Å²) in [4.78, 5) is 2.33. The van der Waals surface area contributed by atoms with E-state index >= 15 is 0 Å². The molecular weight excluding hydrogens is 250 g/mol. The fourth-order valence-corrected chi connectivity index (χ4v) is 2.46. The summed E-state index contributed by atoms with van der Waals surface area (Å²) in [6, 6.07) is 7.31. The molecule has 1 aromatic carbocycles. The first-order valence-corrected chi connectivity index (χ1v) is 6.60. The van der Waals surface area contributed by atoms with Crippen molar-refractivity contribution in [1.29, 1.82) is 0 Å². The van der Waals surface area contributed by atoms with E-state index in [1.165, 1.54) is 0 Å². The molecule has 3 nitrogen and oxygen atoms in total. The second-order valence-corrected chi connectivity index (χ2v) is 5.08. The normalized spacial score (nSPS) is 20.1. The largest absolute Gasteiger partial charge is 0.435 e. The zero-order valence-corrected chi connectivity index (χ0v) is 11.3. The number of nitrogens with one attached hydrogen (secondary N) is 1. The van der Waals surface area contributed by atoms with Crippen LogP contribution < -0.4 is 15.0 Å². The number of piperazine rings is 1. The van der Waals surface area contributed by atoms with Gasteiger partial charge < -0.3 is 15.0 Å². The highest BCUT2D eigenvalue weighted by molar-refractivity contribution is 5.50. The minimum Gasteiger partial charge on any atom is -0.435 e. The van der Waals surface area contributed by atoms with Crippen molar-refractivity contribution in [2.24, 2.45) is 5.92 Å². The van der Waals surface area contributed by atoms with Crippen LogP contribution in [-0.4, -0.2) is 32.3 Å². The van der Waals surface area contributed by atoms with Crippen LogP contribution in [0.15, 0.2) is 24.3 Å². The van der Waals surface area contributed by atoms with Crippen molar-refractivity contribution in [2.45, 2.75) is 26.5 Å². The van der Waals surface area contributed by atoms with Crippen LogP contribution in [0.3, 0.4) is 0 Å². The maximum Gasteiger partial charge on any atom is 0.387 e. The zero-order valence-electron chi connectivity index (χ0n) is 11.3. The Bertz CT molecular complexity index is 395. The van der Waals surface area contributed by atoms with E-state index in [1.54, 1.807) is 12.1 Å². The van der Waals surface area contributed by atoms with Crippen molar-refractivity contribution in [3.63, 3.8) is 0 Å². The Morgan fingerprint density at radius 3 is 2.53 bits per heavy atom. The summed E-state index contributed by atoms with van der Waals surface area (Å²) in [6.45, 7) is 4.44. The lowest BCUT2D eigenvalue weighted by atomic mass is 10.00. The van der Waals surface area contributed by atoms with Crippen LogP contribution in [0, 0.1) is 5.92 Å². The number of alkyl halides is 2. The maximum atomic E-state index is 12.1. The molecule has 106 valence electrons. The van der Waals surface area contributed by atoms with E-state index in [-0.39, 0.29) is 5.75 Å². The lowest BCUT2D eigenvalue weighted by molar-refractivity contribution is -0.0498. The number of benzene rings is 1. The summed E-state index contributed by atoms with van der Waals surface area (Å²) in [5, 5.41) is 3.39. The molecule has 1 aliphatic rings. The molecule has 1 atom stereocenters. The molecular formula is C14H20F2N2O. The predicted molar refractivity (Wildman–Crippen MR) is 71.9 cm³/mol. The zero-order chi connectivity index (χ0) is 13.8. The first-order valence-electron chi connectivity index (χ1n) is 6.60. The summed E-state index contributed by atoms with van der Waals surface area (Å²) in [7, 11) is 0. The van der Waals surface area contributed by atoms with Crippen molar-refractivity contribution in [1.82, 2.24) is 5.32 Å². The summed E-state index contributed by atoms with van der Waals surface area (Å²) in [5.74, 6) is 0.736. The predicted octanol–water partition coefficient (Wildman–Crippen LogP) is 2.72. The number of anilines is 1. The Morgan fingerprint density at radius 1 is 1.26 bits per heavy atom. The van der Waals surface area contributed by atoms with Gasteiger partial charge >= 0.3 is 6.61 Å². The molecule has 0 radical (unpaired) electrons. The lowest BCUT2D eigenvalue weighted by Gasteiger charge is -2.40. The highest BCUT2D eigenvalue weighted by Crippen LogP contribution is 2.25. The van der Waals surface area contributed by atoms with Crippen molar-refractivity contribution < 1.29 is 13.5 Å². The van der Waals surface area contributed by atoms with E-state index in [2.05, 4.69) is 28.8 Å². The SMILES string of the molecule is CC(C)C1CNCCN1c1ccc(OC(F)F)cc1.